The van der Waals surface area contributed by atoms with Crippen molar-refractivity contribution >= 4 is 29.0 Å². The third kappa shape index (κ3) is 2.33. The number of hydrogen-bond donors (Lipinski definition) is 0. The maximum atomic E-state index is 12.3. The molecule has 1 aromatic carbocycles. The van der Waals surface area contributed by atoms with Crippen molar-refractivity contribution in [2.24, 2.45) is 0 Å². The Morgan fingerprint density at radius 2 is 1.82 bits per heavy atom. The molecule has 0 amide bonds. The predicted octanol–water partition coefficient (Wildman–Crippen LogP) is 3.93. The van der Waals surface area contributed by atoms with Gasteiger partial charge in [-0.05, 0) is 30.7 Å². The number of aromatic nitrogens is 1. The van der Waals surface area contributed by atoms with Crippen LogP contribution in [-0.2, 0) is 0 Å². The van der Waals surface area contributed by atoms with Crippen LogP contribution in [0, 0.1) is 6.92 Å². The highest BCUT2D eigenvalue weighted by atomic mass is 35.5. The third-order valence-electron chi connectivity index (χ3n) is 2.47. The summed E-state index contributed by atoms with van der Waals surface area (Å²) in [4.78, 5) is 16.2. The Kier molecular flexibility index (Phi) is 3.46. The second kappa shape index (κ2) is 4.86. The SMILES string of the molecule is Cc1ccncc1C(=O)c1c(Cl)cccc1Cl. The van der Waals surface area contributed by atoms with Crippen molar-refractivity contribution in [1.82, 2.24) is 4.98 Å². The zero-order chi connectivity index (χ0) is 12.4. The number of halogens is 2. The van der Waals surface area contributed by atoms with E-state index in [9.17, 15) is 4.79 Å². The van der Waals surface area contributed by atoms with Crippen LogP contribution in [-0.4, -0.2) is 10.8 Å². The molecular formula is C13H9Cl2NO. The van der Waals surface area contributed by atoms with E-state index < -0.39 is 0 Å². The summed E-state index contributed by atoms with van der Waals surface area (Å²) in [6.07, 6.45) is 3.16. The van der Waals surface area contributed by atoms with E-state index in [2.05, 4.69) is 4.98 Å². The molecule has 0 spiro atoms. The van der Waals surface area contributed by atoms with Crippen LogP contribution in [0.1, 0.15) is 21.5 Å². The Morgan fingerprint density at radius 1 is 1.18 bits per heavy atom. The minimum atomic E-state index is -0.203. The molecule has 0 fully saturated rings. The fourth-order valence-electron chi connectivity index (χ4n) is 1.55. The smallest absolute Gasteiger partial charge is 0.197 e. The molecule has 0 radical (unpaired) electrons. The van der Waals surface area contributed by atoms with Crippen LogP contribution in [0.25, 0.3) is 0 Å². The molecule has 2 aromatic rings. The van der Waals surface area contributed by atoms with E-state index in [4.69, 9.17) is 23.2 Å². The van der Waals surface area contributed by atoms with Crippen molar-refractivity contribution < 1.29 is 4.79 Å². The van der Waals surface area contributed by atoms with Crippen LogP contribution >= 0.6 is 23.2 Å². The Morgan fingerprint density at radius 3 is 2.41 bits per heavy atom. The van der Waals surface area contributed by atoms with Gasteiger partial charge < -0.3 is 0 Å². The minimum absolute atomic E-state index is 0.203. The summed E-state index contributed by atoms with van der Waals surface area (Å²) in [6.45, 7) is 1.85. The summed E-state index contributed by atoms with van der Waals surface area (Å²) in [6, 6.07) is 6.77. The van der Waals surface area contributed by atoms with Crippen LogP contribution in [0.4, 0.5) is 0 Å². The highest BCUT2D eigenvalue weighted by molar-refractivity contribution is 6.41. The van der Waals surface area contributed by atoms with E-state index in [1.165, 1.54) is 6.20 Å². The number of carbonyl (C=O) groups is 1. The summed E-state index contributed by atoms with van der Waals surface area (Å²) in [5.41, 5.74) is 1.69. The molecule has 17 heavy (non-hydrogen) atoms. The maximum absolute atomic E-state index is 12.3. The first-order valence-corrected chi connectivity index (χ1v) is 5.76. The molecule has 0 aliphatic rings. The van der Waals surface area contributed by atoms with Gasteiger partial charge in [0.2, 0.25) is 0 Å². The zero-order valence-electron chi connectivity index (χ0n) is 9.08. The van der Waals surface area contributed by atoms with Crippen molar-refractivity contribution in [3.05, 3.63) is 63.4 Å². The molecule has 1 aromatic heterocycles. The van der Waals surface area contributed by atoms with Gasteiger partial charge in [0.05, 0.1) is 15.6 Å². The average Bonchev–Trinajstić information content (AvgIpc) is 2.29. The molecule has 86 valence electrons. The normalized spacial score (nSPS) is 10.3. The van der Waals surface area contributed by atoms with Crippen molar-refractivity contribution in [3.63, 3.8) is 0 Å². The molecule has 0 N–H and O–H groups in total. The maximum Gasteiger partial charge on any atom is 0.197 e. The molecule has 0 aliphatic heterocycles. The van der Waals surface area contributed by atoms with Crippen LogP contribution in [0.5, 0.6) is 0 Å². The topological polar surface area (TPSA) is 30.0 Å². The van der Waals surface area contributed by atoms with Crippen LogP contribution in [0.3, 0.4) is 0 Å². The van der Waals surface area contributed by atoms with Gasteiger partial charge in [0, 0.05) is 18.0 Å². The highest BCUT2D eigenvalue weighted by Gasteiger charge is 2.17. The molecule has 2 nitrogen and oxygen atoms in total. The first kappa shape index (κ1) is 12.1. The van der Waals surface area contributed by atoms with Crippen molar-refractivity contribution in [1.29, 1.82) is 0 Å². The van der Waals surface area contributed by atoms with Crippen LogP contribution in [0.15, 0.2) is 36.7 Å². The summed E-state index contributed by atoms with van der Waals surface area (Å²) in [5, 5.41) is 0.705. The Labute approximate surface area is 109 Å². The lowest BCUT2D eigenvalue weighted by Crippen LogP contribution is -2.05. The first-order chi connectivity index (χ1) is 8.11. The van der Waals surface area contributed by atoms with E-state index in [0.717, 1.165) is 5.56 Å². The summed E-state index contributed by atoms with van der Waals surface area (Å²) in [7, 11) is 0. The lowest BCUT2D eigenvalue weighted by molar-refractivity contribution is 0.103. The van der Waals surface area contributed by atoms with Gasteiger partial charge in [-0.3, -0.25) is 9.78 Å². The average molecular weight is 266 g/mol. The molecule has 0 unspecified atom stereocenters. The largest absolute Gasteiger partial charge is 0.288 e. The van der Waals surface area contributed by atoms with Crippen LogP contribution < -0.4 is 0 Å². The van der Waals surface area contributed by atoms with Crippen molar-refractivity contribution in [3.8, 4) is 0 Å². The molecule has 0 aliphatic carbocycles. The highest BCUT2D eigenvalue weighted by Crippen LogP contribution is 2.27. The van der Waals surface area contributed by atoms with E-state index in [1.54, 1.807) is 30.5 Å². The lowest BCUT2D eigenvalue weighted by Gasteiger charge is -2.07. The second-order valence-electron chi connectivity index (χ2n) is 3.62. The predicted molar refractivity (Wildman–Crippen MR) is 68.9 cm³/mol. The van der Waals surface area contributed by atoms with E-state index in [1.807, 2.05) is 6.92 Å². The van der Waals surface area contributed by atoms with E-state index >= 15 is 0 Å². The molecule has 4 heteroatoms. The molecule has 2 rings (SSSR count). The fraction of sp³-hybridized carbons (Fsp3) is 0.0769. The number of pyridine rings is 1. The Bertz CT molecular complexity index is 561. The van der Waals surface area contributed by atoms with Crippen LogP contribution in [0.2, 0.25) is 10.0 Å². The number of carbonyl (C=O) groups excluding carboxylic acids is 1. The zero-order valence-corrected chi connectivity index (χ0v) is 10.6. The first-order valence-electron chi connectivity index (χ1n) is 5.00. The van der Waals surface area contributed by atoms with Gasteiger partial charge in [-0.25, -0.2) is 0 Å². The Hall–Kier alpha value is -1.38. The van der Waals surface area contributed by atoms with Gasteiger partial charge in [-0.1, -0.05) is 29.3 Å². The van der Waals surface area contributed by atoms with Gasteiger partial charge >= 0.3 is 0 Å². The van der Waals surface area contributed by atoms with Crippen molar-refractivity contribution in [2.45, 2.75) is 6.92 Å². The number of ketones is 1. The summed E-state index contributed by atoms with van der Waals surface area (Å²) >= 11 is 12.0. The van der Waals surface area contributed by atoms with Gasteiger partial charge in [0.1, 0.15) is 0 Å². The summed E-state index contributed by atoms with van der Waals surface area (Å²) < 4.78 is 0. The molecule has 0 atom stereocenters. The number of rotatable bonds is 2. The minimum Gasteiger partial charge on any atom is -0.288 e. The van der Waals surface area contributed by atoms with Gasteiger partial charge in [0.25, 0.3) is 0 Å². The molecule has 0 saturated heterocycles. The monoisotopic (exact) mass is 265 g/mol. The molecule has 0 bridgehead atoms. The molecule has 1 heterocycles. The van der Waals surface area contributed by atoms with Gasteiger partial charge in [-0.2, -0.15) is 0 Å². The quantitative estimate of drug-likeness (QED) is 0.771. The number of hydrogen-bond acceptors (Lipinski definition) is 2. The number of nitrogens with zero attached hydrogens (tertiary/aromatic N) is 1. The number of aryl methyl sites for hydroxylation is 1. The standard InChI is InChI=1S/C13H9Cl2NO/c1-8-5-6-16-7-9(8)13(17)12-10(14)3-2-4-11(12)15/h2-7H,1H3. The fourth-order valence-corrected chi connectivity index (χ4v) is 2.12. The second-order valence-corrected chi connectivity index (χ2v) is 4.43. The van der Waals surface area contributed by atoms with Gasteiger partial charge in [0.15, 0.2) is 5.78 Å². The Balaban J connectivity index is 2.56. The van der Waals surface area contributed by atoms with E-state index in [0.29, 0.717) is 21.2 Å². The van der Waals surface area contributed by atoms with E-state index in [-0.39, 0.29) is 5.78 Å². The lowest BCUT2D eigenvalue weighted by atomic mass is 10.0. The van der Waals surface area contributed by atoms with Gasteiger partial charge in [-0.15, -0.1) is 0 Å². The summed E-state index contributed by atoms with van der Waals surface area (Å²) in [5.74, 6) is -0.203. The third-order valence-corrected chi connectivity index (χ3v) is 3.10. The van der Waals surface area contributed by atoms with Crippen molar-refractivity contribution in [2.75, 3.05) is 0 Å². The number of benzene rings is 1. The molecule has 0 saturated carbocycles. The molecular weight excluding hydrogens is 257 g/mol.